The van der Waals surface area contributed by atoms with Crippen molar-refractivity contribution in [2.24, 2.45) is 5.41 Å². The Kier molecular flexibility index (Phi) is 4.98. The van der Waals surface area contributed by atoms with E-state index in [4.69, 9.17) is 0 Å². The molecule has 0 saturated carbocycles. The largest absolute Gasteiger partial charge is 0.481 e. The number of carbonyl (C=O) groups is 1. The Bertz CT molecular complexity index is 405. The molecule has 3 nitrogen and oxygen atoms in total. The first-order valence-corrected chi connectivity index (χ1v) is 6.10. The quantitative estimate of drug-likeness (QED) is 0.899. The van der Waals surface area contributed by atoms with Crippen LogP contribution < -0.4 is 5.32 Å². The van der Waals surface area contributed by atoms with Gasteiger partial charge in [-0.3, -0.25) is 4.79 Å². The van der Waals surface area contributed by atoms with E-state index >= 15 is 0 Å². The molecule has 0 amide bonds. The van der Waals surface area contributed by atoms with E-state index in [9.17, 15) is 9.90 Å². The Morgan fingerprint density at radius 3 is 2.82 bits per heavy atom. The molecule has 1 heterocycles. The number of nitrogens with one attached hydrogen (secondary N) is 1. The van der Waals surface area contributed by atoms with Gasteiger partial charge in [0.25, 0.3) is 0 Å². The lowest BCUT2D eigenvalue weighted by molar-refractivity contribution is -0.147. The molecule has 1 aliphatic heterocycles. The summed E-state index contributed by atoms with van der Waals surface area (Å²) in [6.07, 6.45) is 1.30. The minimum Gasteiger partial charge on any atom is -0.481 e. The van der Waals surface area contributed by atoms with Crippen LogP contribution in [0.5, 0.6) is 0 Å². The molecule has 0 aromatic heterocycles. The number of hydrogen-bond donors (Lipinski definition) is 2. The Morgan fingerprint density at radius 2 is 2.29 bits per heavy atom. The van der Waals surface area contributed by atoms with Crippen LogP contribution in [0.25, 0.3) is 0 Å². The van der Waals surface area contributed by atoms with Crippen molar-refractivity contribution in [3.63, 3.8) is 0 Å². The predicted octanol–water partition coefficient (Wildman–Crippen LogP) is 2.48. The minimum atomic E-state index is -0.697. The molecule has 0 radical (unpaired) electrons. The van der Waals surface area contributed by atoms with Crippen LogP contribution in [-0.4, -0.2) is 24.2 Å². The molecule has 1 unspecified atom stereocenters. The van der Waals surface area contributed by atoms with Crippen LogP contribution in [-0.2, 0) is 11.2 Å². The first kappa shape index (κ1) is 14.5. The van der Waals surface area contributed by atoms with Crippen molar-refractivity contribution in [2.75, 3.05) is 13.1 Å². The van der Waals surface area contributed by atoms with E-state index in [2.05, 4.69) is 21.2 Å². The molecule has 1 fully saturated rings. The lowest BCUT2D eigenvalue weighted by Crippen LogP contribution is -2.35. The Morgan fingerprint density at radius 1 is 1.53 bits per heavy atom. The summed E-state index contributed by atoms with van der Waals surface area (Å²) in [6, 6.07) is 7.86. The van der Waals surface area contributed by atoms with Gasteiger partial charge in [-0.25, -0.2) is 0 Å². The van der Waals surface area contributed by atoms with Crippen molar-refractivity contribution in [3.8, 4) is 0 Å². The van der Waals surface area contributed by atoms with E-state index < -0.39 is 11.4 Å². The molecule has 0 aliphatic carbocycles. The molecule has 0 bridgehead atoms. The highest BCUT2D eigenvalue weighted by Gasteiger charge is 2.41. The van der Waals surface area contributed by atoms with Gasteiger partial charge in [0.05, 0.1) is 5.41 Å². The Labute approximate surface area is 115 Å². The lowest BCUT2D eigenvalue weighted by atomic mass is 9.81. The topological polar surface area (TPSA) is 49.3 Å². The SMILES string of the molecule is Cl.O=C(O)C1(Cc2cccc(Br)c2)CCNC1. The fourth-order valence-corrected chi connectivity index (χ4v) is 2.64. The van der Waals surface area contributed by atoms with Crippen LogP contribution in [0.15, 0.2) is 28.7 Å². The molecular formula is C12H15BrClNO2. The normalized spacial score (nSPS) is 23.1. The van der Waals surface area contributed by atoms with Crippen LogP contribution in [0.4, 0.5) is 0 Å². The molecule has 1 aromatic rings. The Balaban J connectivity index is 0.00000144. The van der Waals surface area contributed by atoms with Crippen LogP contribution in [0.3, 0.4) is 0 Å². The zero-order valence-electron chi connectivity index (χ0n) is 9.28. The third-order valence-corrected chi connectivity index (χ3v) is 3.62. The van der Waals surface area contributed by atoms with Gasteiger partial charge in [-0.2, -0.15) is 0 Å². The third kappa shape index (κ3) is 3.21. The summed E-state index contributed by atoms with van der Waals surface area (Å²) in [5.74, 6) is -0.697. The summed E-state index contributed by atoms with van der Waals surface area (Å²) in [7, 11) is 0. The first-order chi connectivity index (χ1) is 7.62. The van der Waals surface area contributed by atoms with Gasteiger partial charge in [0.1, 0.15) is 0 Å². The number of rotatable bonds is 3. The van der Waals surface area contributed by atoms with Crippen LogP contribution >= 0.6 is 28.3 Å². The van der Waals surface area contributed by atoms with Gasteiger partial charge in [-0.05, 0) is 37.1 Å². The summed E-state index contributed by atoms with van der Waals surface area (Å²) in [6.45, 7) is 1.36. The predicted molar refractivity (Wildman–Crippen MR) is 72.6 cm³/mol. The van der Waals surface area contributed by atoms with E-state index in [0.29, 0.717) is 19.4 Å². The van der Waals surface area contributed by atoms with E-state index in [-0.39, 0.29) is 12.4 Å². The fraction of sp³-hybridized carbons (Fsp3) is 0.417. The molecular weight excluding hydrogens is 305 g/mol. The molecule has 94 valence electrons. The highest BCUT2D eigenvalue weighted by Crippen LogP contribution is 2.31. The van der Waals surface area contributed by atoms with Crippen molar-refractivity contribution in [1.82, 2.24) is 5.32 Å². The van der Waals surface area contributed by atoms with Crippen molar-refractivity contribution < 1.29 is 9.90 Å². The zero-order valence-corrected chi connectivity index (χ0v) is 11.7. The number of benzene rings is 1. The molecule has 0 spiro atoms. The summed E-state index contributed by atoms with van der Waals surface area (Å²) in [5.41, 5.74) is 0.446. The van der Waals surface area contributed by atoms with Crippen molar-refractivity contribution in [3.05, 3.63) is 34.3 Å². The van der Waals surface area contributed by atoms with Crippen LogP contribution in [0.1, 0.15) is 12.0 Å². The van der Waals surface area contributed by atoms with Crippen LogP contribution in [0, 0.1) is 5.41 Å². The first-order valence-electron chi connectivity index (χ1n) is 5.31. The molecule has 17 heavy (non-hydrogen) atoms. The molecule has 1 aromatic carbocycles. The summed E-state index contributed by atoms with van der Waals surface area (Å²) < 4.78 is 0.997. The number of halogens is 2. The molecule has 1 aliphatic rings. The van der Waals surface area contributed by atoms with E-state index in [1.807, 2.05) is 24.3 Å². The average Bonchev–Trinajstić information content (AvgIpc) is 2.67. The van der Waals surface area contributed by atoms with Gasteiger partial charge < -0.3 is 10.4 Å². The third-order valence-electron chi connectivity index (χ3n) is 3.13. The second-order valence-corrected chi connectivity index (χ2v) is 5.23. The standard InChI is InChI=1S/C12H14BrNO2.ClH/c13-10-3-1-2-9(6-10)7-12(11(15)16)4-5-14-8-12;/h1-3,6,14H,4-5,7-8H2,(H,15,16);1H. The maximum Gasteiger partial charge on any atom is 0.311 e. The van der Waals surface area contributed by atoms with Crippen molar-refractivity contribution >= 4 is 34.3 Å². The molecule has 5 heteroatoms. The van der Waals surface area contributed by atoms with Crippen molar-refractivity contribution in [1.29, 1.82) is 0 Å². The monoisotopic (exact) mass is 319 g/mol. The molecule has 1 saturated heterocycles. The van der Waals surface area contributed by atoms with E-state index in [0.717, 1.165) is 16.6 Å². The maximum atomic E-state index is 11.4. The minimum absolute atomic E-state index is 0. The number of carboxylic acids is 1. The van der Waals surface area contributed by atoms with Gasteiger partial charge in [-0.1, -0.05) is 28.1 Å². The molecule has 2 rings (SSSR count). The summed E-state index contributed by atoms with van der Waals surface area (Å²) in [5, 5.41) is 12.5. The average molecular weight is 321 g/mol. The smallest absolute Gasteiger partial charge is 0.311 e. The van der Waals surface area contributed by atoms with Gasteiger partial charge in [0, 0.05) is 11.0 Å². The zero-order chi connectivity index (χ0) is 11.6. The summed E-state index contributed by atoms with van der Waals surface area (Å²) >= 11 is 3.40. The van der Waals surface area contributed by atoms with Gasteiger partial charge in [0.2, 0.25) is 0 Å². The second-order valence-electron chi connectivity index (χ2n) is 4.32. The van der Waals surface area contributed by atoms with Crippen molar-refractivity contribution in [2.45, 2.75) is 12.8 Å². The van der Waals surface area contributed by atoms with Crippen LogP contribution in [0.2, 0.25) is 0 Å². The highest BCUT2D eigenvalue weighted by molar-refractivity contribution is 9.10. The number of hydrogen-bond acceptors (Lipinski definition) is 2. The Hall–Kier alpha value is -0.580. The van der Waals surface area contributed by atoms with Gasteiger partial charge in [-0.15, -0.1) is 12.4 Å². The highest BCUT2D eigenvalue weighted by atomic mass is 79.9. The number of carboxylic acid groups (broad SMARTS) is 1. The van der Waals surface area contributed by atoms with E-state index in [1.54, 1.807) is 0 Å². The fourth-order valence-electron chi connectivity index (χ4n) is 2.19. The number of aliphatic carboxylic acids is 1. The second kappa shape index (κ2) is 5.85. The molecule has 2 N–H and O–H groups in total. The molecule has 1 atom stereocenters. The maximum absolute atomic E-state index is 11.4. The van der Waals surface area contributed by atoms with Gasteiger partial charge in [0.15, 0.2) is 0 Å². The summed E-state index contributed by atoms with van der Waals surface area (Å²) in [4.78, 5) is 11.4. The lowest BCUT2D eigenvalue weighted by Gasteiger charge is -2.22. The van der Waals surface area contributed by atoms with E-state index in [1.165, 1.54) is 0 Å². The van der Waals surface area contributed by atoms with Gasteiger partial charge >= 0.3 is 5.97 Å².